The third-order valence-corrected chi connectivity index (χ3v) is 5.70. The zero-order chi connectivity index (χ0) is 19.1. The Hall–Kier alpha value is -1.37. The van der Waals surface area contributed by atoms with E-state index >= 15 is 0 Å². The fraction of sp³-hybridized carbons (Fsp3) is 0.455. The molecule has 2 aromatic rings. The van der Waals surface area contributed by atoms with Crippen molar-refractivity contribution < 1.29 is 19.3 Å². The summed E-state index contributed by atoms with van der Waals surface area (Å²) < 4.78 is 18.3. The molecule has 1 aliphatic rings. The van der Waals surface area contributed by atoms with Crippen molar-refractivity contribution in [3.8, 4) is 0 Å². The van der Waals surface area contributed by atoms with Crippen LogP contribution in [-0.2, 0) is 27.4 Å². The van der Waals surface area contributed by atoms with Crippen LogP contribution in [-0.4, -0.2) is 40.7 Å². The lowest BCUT2D eigenvalue weighted by Gasteiger charge is -2.43. The van der Waals surface area contributed by atoms with Gasteiger partial charge in [0, 0.05) is 0 Å². The van der Waals surface area contributed by atoms with Crippen molar-refractivity contribution in [3.63, 3.8) is 0 Å². The second-order valence-corrected chi connectivity index (χ2v) is 8.05. The largest absolute Gasteiger partial charge is 0.387 e. The highest BCUT2D eigenvalue weighted by Gasteiger charge is 2.45. The zero-order valence-corrected chi connectivity index (χ0v) is 16.7. The standard InChI is InChI=1S/C22H28O4S/c1-3-27-22-21(25-15-18-12-8-5-9-13-18)19(23)20(16(2)26-22)24-14-17-10-6-4-7-11-17/h4-13,16,19-23H,3,14-15H2,1-2H3. The number of thioether (sulfide) groups is 1. The molecule has 5 heteroatoms. The number of aliphatic hydroxyl groups is 1. The molecule has 0 aliphatic carbocycles. The minimum Gasteiger partial charge on any atom is -0.387 e. The number of ether oxygens (including phenoxy) is 3. The van der Waals surface area contributed by atoms with Crippen molar-refractivity contribution in [1.82, 2.24) is 0 Å². The van der Waals surface area contributed by atoms with Gasteiger partial charge in [-0.15, -0.1) is 11.8 Å². The predicted octanol–water partition coefficient (Wildman–Crippen LogP) is 4.02. The van der Waals surface area contributed by atoms with Gasteiger partial charge >= 0.3 is 0 Å². The second kappa shape index (κ2) is 10.2. The summed E-state index contributed by atoms with van der Waals surface area (Å²) in [5.74, 6) is 0.894. The first kappa shape index (κ1) is 20.4. The highest BCUT2D eigenvalue weighted by molar-refractivity contribution is 7.99. The molecule has 0 saturated carbocycles. The third kappa shape index (κ3) is 5.56. The highest BCUT2D eigenvalue weighted by Crippen LogP contribution is 2.32. The normalized spacial score (nSPS) is 28.2. The Labute approximate surface area is 165 Å². The Kier molecular flexibility index (Phi) is 7.73. The summed E-state index contributed by atoms with van der Waals surface area (Å²) in [6, 6.07) is 20.0. The van der Waals surface area contributed by atoms with Crippen molar-refractivity contribution in [2.75, 3.05) is 5.75 Å². The Morgan fingerprint density at radius 3 is 1.93 bits per heavy atom. The smallest absolute Gasteiger partial charge is 0.132 e. The molecule has 1 aliphatic heterocycles. The number of benzene rings is 2. The molecular weight excluding hydrogens is 360 g/mol. The summed E-state index contributed by atoms with van der Waals surface area (Å²) in [7, 11) is 0. The molecule has 5 unspecified atom stereocenters. The van der Waals surface area contributed by atoms with Gasteiger partial charge in [-0.1, -0.05) is 67.6 Å². The van der Waals surface area contributed by atoms with Gasteiger partial charge in [-0.05, 0) is 23.8 Å². The molecule has 0 amide bonds. The van der Waals surface area contributed by atoms with Crippen LogP contribution in [0.5, 0.6) is 0 Å². The SMILES string of the molecule is CCSC1OC(C)C(OCc2ccccc2)C(O)C1OCc1ccccc1. The number of hydrogen-bond acceptors (Lipinski definition) is 5. The van der Waals surface area contributed by atoms with Gasteiger partial charge in [0.05, 0.1) is 19.3 Å². The van der Waals surface area contributed by atoms with Crippen LogP contribution in [0, 0.1) is 0 Å². The first-order chi connectivity index (χ1) is 13.2. The number of hydrogen-bond donors (Lipinski definition) is 1. The second-order valence-electron chi connectivity index (χ2n) is 6.68. The maximum absolute atomic E-state index is 11.0. The third-order valence-electron chi connectivity index (χ3n) is 4.65. The minimum atomic E-state index is -0.745. The van der Waals surface area contributed by atoms with Gasteiger partial charge in [-0.3, -0.25) is 0 Å². The summed E-state index contributed by atoms with van der Waals surface area (Å²) in [5.41, 5.74) is 1.94. The molecule has 0 radical (unpaired) electrons. The minimum absolute atomic E-state index is 0.204. The topological polar surface area (TPSA) is 47.9 Å². The van der Waals surface area contributed by atoms with E-state index in [1.807, 2.05) is 67.6 Å². The van der Waals surface area contributed by atoms with Gasteiger partial charge in [0.2, 0.25) is 0 Å². The fourth-order valence-corrected chi connectivity index (χ4v) is 4.25. The molecule has 1 saturated heterocycles. The first-order valence-corrected chi connectivity index (χ1v) is 10.5. The lowest BCUT2D eigenvalue weighted by Crippen LogP contribution is -2.57. The van der Waals surface area contributed by atoms with Crippen molar-refractivity contribution in [3.05, 3.63) is 71.8 Å². The van der Waals surface area contributed by atoms with Gasteiger partial charge in [0.25, 0.3) is 0 Å². The maximum atomic E-state index is 11.0. The molecule has 1 N–H and O–H groups in total. The van der Waals surface area contributed by atoms with Gasteiger partial charge in [-0.25, -0.2) is 0 Å². The first-order valence-electron chi connectivity index (χ1n) is 9.45. The van der Waals surface area contributed by atoms with E-state index in [0.717, 1.165) is 16.9 Å². The van der Waals surface area contributed by atoms with E-state index in [-0.39, 0.29) is 11.5 Å². The highest BCUT2D eigenvalue weighted by atomic mass is 32.2. The van der Waals surface area contributed by atoms with Crippen molar-refractivity contribution in [1.29, 1.82) is 0 Å². The Morgan fingerprint density at radius 2 is 1.41 bits per heavy atom. The summed E-state index contributed by atoms with van der Waals surface area (Å²) in [5, 5.41) is 11.0. The van der Waals surface area contributed by atoms with Crippen LogP contribution >= 0.6 is 11.8 Å². The summed E-state index contributed by atoms with van der Waals surface area (Å²) in [6.07, 6.45) is -1.82. The van der Waals surface area contributed by atoms with Gasteiger partial charge in [-0.2, -0.15) is 0 Å². The van der Waals surface area contributed by atoms with Gasteiger partial charge in [0.15, 0.2) is 0 Å². The van der Waals surface area contributed by atoms with E-state index in [9.17, 15) is 5.11 Å². The maximum Gasteiger partial charge on any atom is 0.132 e. The van der Waals surface area contributed by atoms with Crippen LogP contribution < -0.4 is 0 Å². The molecule has 1 heterocycles. The summed E-state index contributed by atoms with van der Waals surface area (Å²) in [6.45, 7) is 4.91. The van der Waals surface area contributed by atoms with Crippen LogP contribution in [0.15, 0.2) is 60.7 Å². The Bertz CT molecular complexity index is 667. The lowest BCUT2D eigenvalue weighted by atomic mass is 10.0. The lowest BCUT2D eigenvalue weighted by molar-refractivity contribution is -0.226. The Morgan fingerprint density at radius 1 is 0.889 bits per heavy atom. The summed E-state index contributed by atoms with van der Waals surface area (Å²) in [4.78, 5) is 0. The molecule has 4 nitrogen and oxygen atoms in total. The molecule has 2 aromatic carbocycles. The molecule has 3 rings (SSSR count). The van der Waals surface area contributed by atoms with E-state index in [1.54, 1.807) is 11.8 Å². The predicted molar refractivity (Wildman–Crippen MR) is 109 cm³/mol. The van der Waals surface area contributed by atoms with Crippen LogP contribution in [0.2, 0.25) is 0 Å². The molecule has 5 atom stereocenters. The quantitative estimate of drug-likeness (QED) is 0.740. The number of rotatable bonds is 8. The van der Waals surface area contributed by atoms with E-state index in [4.69, 9.17) is 14.2 Å². The van der Waals surface area contributed by atoms with Gasteiger partial charge < -0.3 is 19.3 Å². The van der Waals surface area contributed by atoms with Gasteiger partial charge in [0.1, 0.15) is 23.7 Å². The average Bonchev–Trinajstić information content (AvgIpc) is 2.69. The molecule has 0 spiro atoms. The molecule has 0 aromatic heterocycles. The van der Waals surface area contributed by atoms with Crippen LogP contribution in [0.25, 0.3) is 0 Å². The molecule has 27 heavy (non-hydrogen) atoms. The van der Waals surface area contributed by atoms with E-state index in [1.165, 1.54) is 0 Å². The van der Waals surface area contributed by atoms with Crippen molar-refractivity contribution in [2.24, 2.45) is 0 Å². The molecular formula is C22H28O4S. The monoisotopic (exact) mass is 388 g/mol. The average molecular weight is 389 g/mol. The zero-order valence-electron chi connectivity index (χ0n) is 15.9. The molecule has 0 bridgehead atoms. The fourth-order valence-electron chi connectivity index (χ4n) is 3.24. The Balaban J connectivity index is 1.66. The molecule has 1 fully saturated rings. The van der Waals surface area contributed by atoms with E-state index < -0.39 is 18.3 Å². The van der Waals surface area contributed by atoms with E-state index in [2.05, 4.69) is 6.92 Å². The summed E-state index contributed by atoms with van der Waals surface area (Å²) >= 11 is 1.66. The number of aliphatic hydroxyl groups excluding tert-OH is 1. The molecule has 146 valence electrons. The van der Waals surface area contributed by atoms with E-state index in [0.29, 0.717) is 13.2 Å². The van der Waals surface area contributed by atoms with Crippen LogP contribution in [0.1, 0.15) is 25.0 Å². The van der Waals surface area contributed by atoms with Crippen LogP contribution in [0.3, 0.4) is 0 Å². The van der Waals surface area contributed by atoms with Crippen molar-refractivity contribution >= 4 is 11.8 Å². The van der Waals surface area contributed by atoms with Crippen molar-refractivity contribution in [2.45, 2.75) is 56.9 Å². The van der Waals surface area contributed by atoms with Crippen LogP contribution in [0.4, 0.5) is 0 Å².